The molecular weight excluding hydrogens is 440 g/mol. The second kappa shape index (κ2) is 8.19. The van der Waals surface area contributed by atoms with Gasteiger partial charge in [-0.25, -0.2) is 13.8 Å². The molecule has 3 heterocycles. The largest absolute Gasteiger partial charge is 0.486 e. The number of carbonyl (C=O) groups is 2. The van der Waals surface area contributed by atoms with Crippen LogP contribution in [0.1, 0.15) is 6.42 Å². The summed E-state index contributed by atoms with van der Waals surface area (Å²) in [5.74, 6) is -1.75. The lowest BCUT2D eigenvalue weighted by Crippen LogP contribution is -2.28. The fourth-order valence-corrected chi connectivity index (χ4v) is 4.38. The maximum Gasteiger partial charge on any atom is 0.231 e. The summed E-state index contributed by atoms with van der Waals surface area (Å²) in [7, 11) is 0. The zero-order valence-electron chi connectivity index (χ0n) is 16.6. The lowest BCUT2D eigenvalue weighted by Gasteiger charge is -2.22. The van der Waals surface area contributed by atoms with Gasteiger partial charge in [-0.2, -0.15) is 0 Å². The number of hydrogen-bond acceptors (Lipinski definition) is 6. The van der Waals surface area contributed by atoms with E-state index >= 15 is 0 Å². The lowest BCUT2D eigenvalue weighted by molar-refractivity contribution is -0.122. The third-order valence-electron chi connectivity index (χ3n) is 5.28. The summed E-state index contributed by atoms with van der Waals surface area (Å²) in [6.07, 6.45) is 0.0711. The second-order valence-electron chi connectivity index (χ2n) is 7.39. The molecule has 2 aliphatic rings. The second-order valence-corrected chi connectivity index (χ2v) is 8.25. The lowest BCUT2D eigenvalue weighted by atomic mass is 10.1. The van der Waals surface area contributed by atoms with Crippen LogP contribution in [0.15, 0.2) is 41.8 Å². The van der Waals surface area contributed by atoms with Crippen molar-refractivity contribution in [1.29, 1.82) is 0 Å². The molecule has 1 fully saturated rings. The van der Waals surface area contributed by atoms with E-state index in [0.717, 1.165) is 12.1 Å². The highest BCUT2D eigenvalue weighted by Gasteiger charge is 2.36. The minimum atomic E-state index is -0.968. The Labute approximate surface area is 185 Å². The number of benzene rings is 2. The Bertz CT molecular complexity index is 1220. The van der Waals surface area contributed by atoms with Gasteiger partial charge < -0.3 is 19.7 Å². The van der Waals surface area contributed by atoms with Crippen molar-refractivity contribution < 1.29 is 27.8 Å². The predicted octanol–water partition coefficient (Wildman–Crippen LogP) is 3.85. The average molecular weight is 457 g/mol. The van der Waals surface area contributed by atoms with E-state index in [2.05, 4.69) is 10.3 Å². The van der Waals surface area contributed by atoms with Crippen LogP contribution in [0.3, 0.4) is 0 Å². The van der Waals surface area contributed by atoms with E-state index in [4.69, 9.17) is 9.47 Å². The third-order valence-corrected chi connectivity index (χ3v) is 6.04. The SMILES string of the molecule is O=C(Nc1nc(-c2ccc(F)c(F)c2)cs1)[C@@H]1CC(=O)N(c2ccc3c(c2)OCCO3)C1. The van der Waals surface area contributed by atoms with Crippen molar-refractivity contribution in [3.8, 4) is 22.8 Å². The first-order valence-electron chi connectivity index (χ1n) is 9.90. The van der Waals surface area contributed by atoms with Crippen molar-refractivity contribution in [2.45, 2.75) is 6.42 Å². The molecule has 1 saturated heterocycles. The molecule has 0 spiro atoms. The van der Waals surface area contributed by atoms with E-state index in [1.807, 2.05) is 0 Å². The number of amides is 2. The quantitative estimate of drug-likeness (QED) is 0.644. The molecule has 1 N–H and O–H groups in total. The van der Waals surface area contributed by atoms with Gasteiger partial charge in [-0.15, -0.1) is 11.3 Å². The molecular formula is C22H17F2N3O4S. The summed E-state index contributed by atoms with van der Waals surface area (Å²) >= 11 is 1.17. The zero-order chi connectivity index (χ0) is 22.2. The van der Waals surface area contributed by atoms with Gasteiger partial charge in [0, 0.05) is 35.7 Å². The van der Waals surface area contributed by atoms with E-state index in [-0.39, 0.29) is 24.8 Å². The highest BCUT2D eigenvalue weighted by Crippen LogP contribution is 2.36. The molecule has 5 rings (SSSR count). The monoisotopic (exact) mass is 457 g/mol. The average Bonchev–Trinajstić information content (AvgIpc) is 3.42. The number of hydrogen-bond donors (Lipinski definition) is 1. The Morgan fingerprint density at radius 3 is 2.72 bits per heavy atom. The third kappa shape index (κ3) is 3.89. The summed E-state index contributed by atoms with van der Waals surface area (Å²) in [5.41, 5.74) is 1.47. The minimum Gasteiger partial charge on any atom is -0.486 e. The number of aromatic nitrogens is 1. The Morgan fingerprint density at radius 2 is 1.91 bits per heavy atom. The van der Waals surface area contributed by atoms with Crippen LogP contribution in [-0.4, -0.2) is 36.6 Å². The first-order valence-corrected chi connectivity index (χ1v) is 10.8. The van der Waals surface area contributed by atoms with Crippen molar-refractivity contribution in [3.63, 3.8) is 0 Å². The summed E-state index contributed by atoms with van der Waals surface area (Å²) in [5, 5.41) is 4.68. The van der Waals surface area contributed by atoms with Crippen LogP contribution in [-0.2, 0) is 9.59 Å². The number of nitrogens with zero attached hydrogens (tertiary/aromatic N) is 2. The molecule has 0 saturated carbocycles. The van der Waals surface area contributed by atoms with Gasteiger partial charge in [0.15, 0.2) is 28.3 Å². The van der Waals surface area contributed by atoms with Crippen molar-refractivity contribution >= 4 is 34.0 Å². The zero-order valence-corrected chi connectivity index (χ0v) is 17.5. The molecule has 7 nitrogen and oxygen atoms in total. The summed E-state index contributed by atoms with van der Waals surface area (Å²) in [6.45, 7) is 1.15. The number of halogens is 2. The van der Waals surface area contributed by atoms with Crippen LogP contribution in [0.4, 0.5) is 19.6 Å². The van der Waals surface area contributed by atoms with Crippen LogP contribution in [0.25, 0.3) is 11.3 Å². The van der Waals surface area contributed by atoms with E-state index in [1.165, 1.54) is 17.4 Å². The van der Waals surface area contributed by atoms with E-state index in [9.17, 15) is 18.4 Å². The number of fused-ring (bicyclic) bond motifs is 1. The fraction of sp³-hybridized carbons (Fsp3) is 0.227. The van der Waals surface area contributed by atoms with Crippen LogP contribution < -0.4 is 19.7 Å². The van der Waals surface area contributed by atoms with Crippen LogP contribution in [0, 0.1) is 17.6 Å². The topological polar surface area (TPSA) is 80.8 Å². The molecule has 0 radical (unpaired) electrons. The summed E-state index contributed by atoms with van der Waals surface area (Å²) < 4.78 is 37.7. The standard InChI is InChI=1S/C22H17F2N3O4S/c23-15-3-1-12(7-16(15)24)17-11-32-22(25-17)26-21(29)13-8-20(28)27(10-13)14-2-4-18-19(9-14)31-6-5-30-18/h1-4,7,9,11,13H,5-6,8,10H2,(H,25,26,29)/t13-/m1/s1. The van der Waals surface area contributed by atoms with E-state index < -0.39 is 17.6 Å². The molecule has 10 heteroatoms. The van der Waals surface area contributed by atoms with Crippen LogP contribution in [0.2, 0.25) is 0 Å². The van der Waals surface area contributed by atoms with Crippen molar-refractivity contribution in [2.24, 2.45) is 5.92 Å². The Balaban J connectivity index is 1.26. The number of nitrogens with one attached hydrogen (secondary N) is 1. The number of rotatable bonds is 4. The first kappa shape index (κ1) is 20.4. The van der Waals surface area contributed by atoms with Gasteiger partial charge in [-0.05, 0) is 30.3 Å². The number of thiazole rings is 1. The maximum atomic E-state index is 13.5. The maximum absolute atomic E-state index is 13.5. The molecule has 0 bridgehead atoms. The van der Waals surface area contributed by atoms with Gasteiger partial charge in [-0.1, -0.05) is 0 Å². The van der Waals surface area contributed by atoms with Gasteiger partial charge in [0.1, 0.15) is 13.2 Å². The molecule has 3 aromatic rings. The van der Waals surface area contributed by atoms with Crippen LogP contribution >= 0.6 is 11.3 Å². The predicted molar refractivity (Wildman–Crippen MR) is 114 cm³/mol. The number of carbonyl (C=O) groups excluding carboxylic acids is 2. The Kier molecular flexibility index (Phi) is 5.22. The molecule has 164 valence electrons. The normalized spacial score (nSPS) is 17.5. The van der Waals surface area contributed by atoms with Crippen LogP contribution in [0.5, 0.6) is 11.5 Å². The van der Waals surface area contributed by atoms with E-state index in [0.29, 0.717) is 46.8 Å². The minimum absolute atomic E-state index is 0.0711. The van der Waals surface area contributed by atoms with Crippen molar-refractivity contribution in [2.75, 3.05) is 30.0 Å². The Morgan fingerprint density at radius 1 is 1.09 bits per heavy atom. The van der Waals surface area contributed by atoms with Gasteiger partial charge in [0.05, 0.1) is 11.6 Å². The highest BCUT2D eigenvalue weighted by molar-refractivity contribution is 7.14. The smallest absolute Gasteiger partial charge is 0.231 e. The molecule has 32 heavy (non-hydrogen) atoms. The number of ether oxygens (including phenoxy) is 2. The molecule has 2 amide bonds. The molecule has 2 aliphatic heterocycles. The molecule has 2 aromatic carbocycles. The Hall–Kier alpha value is -3.53. The van der Waals surface area contributed by atoms with Gasteiger partial charge in [-0.3, -0.25) is 9.59 Å². The van der Waals surface area contributed by atoms with Gasteiger partial charge in [0.25, 0.3) is 0 Å². The summed E-state index contributed by atoms with van der Waals surface area (Å²) in [4.78, 5) is 31.1. The first-order chi connectivity index (χ1) is 15.5. The highest BCUT2D eigenvalue weighted by atomic mass is 32.1. The van der Waals surface area contributed by atoms with E-state index in [1.54, 1.807) is 28.5 Å². The number of anilines is 2. The van der Waals surface area contributed by atoms with Crippen molar-refractivity contribution in [3.05, 3.63) is 53.4 Å². The summed E-state index contributed by atoms with van der Waals surface area (Å²) in [6, 6.07) is 8.75. The fourth-order valence-electron chi connectivity index (χ4n) is 3.66. The van der Waals surface area contributed by atoms with Crippen molar-refractivity contribution in [1.82, 2.24) is 4.98 Å². The molecule has 1 atom stereocenters. The molecule has 0 aliphatic carbocycles. The molecule has 1 aromatic heterocycles. The van der Waals surface area contributed by atoms with Gasteiger partial charge in [0.2, 0.25) is 11.8 Å². The molecule has 0 unspecified atom stereocenters. The van der Waals surface area contributed by atoms with Gasteiger partial charge >= 0.3 is 0 Å².